The highest BCUT2D eigenvalue weighted by Crippen LogP contribution is 2.27. The fourth-order valence-electron chi connectivity index (χ4n) is 4.18. The van der Waals surface area contributed by atoms with E-state index < -0.39 is 0 Å². The lowest BCUT2D eigenvalue weighted by Gasteiger charge is -2.35. The monoisotopic (exact) mass is 422 g/mol. The molecule has 7 heteroatoms. The van der Waals surface area contributed by atoms with Crippen molar-refractivity contribution in [3.8, 4) is 11.3 Å². The normalized spacial score (nSPS) is 16.0. The minimum absolute atomic E-state index is 0.127. The third-order valence-electron chi connectivity index (χ3n) is 5.74. The highest BCUT2D eigenvalue weighted by Gasteiger charge is 2.24. The number of carbonyl (C=O) groups excluding carboxylic acids is 1. The van der Waals surface area contributed by atoms with Crippen molar-refractivity contribution in [3.63, 3.8) is 0 Å². The van der Waals surface area contributed by atoms with Crippen LogP contribution in [-0.4, -0.2) is 59.8 Å². The number of nitrogens with zero attached hydrogens (tertiary/aromatic N) is 3. The van der Waals surface area contributed by atoms with Gasteiger partial charge < -0.3 is 14.6 Å². The molecule has 0 spiro atoms. The van der Waals surface area contributed by atoms with E-state index in [1.165, 1.54) is 0 Å². The molecule has 1 aliphatic rings. The molecule has 0 aliphatic carbocycles. The van der Waals surface area contributed by atoms with Gasteiger partial charge in [-0.3, -0.25) is 9.69 Å². The third-order valence-corrected chi connectivity index (χ3v) is 5.74. The van der Waals surface area contributed by atoms with Crippen molar-refractivity contribution in [2.24, 2.45) is 5.92 Å². The van der Waals surface area contributed by atoms with E-state index in [0.29, 0.717) is 40.5 Å². The molecule has 1 N–H and O–H groups in total. The van der Waals surface area contributed by atoms with Gasteiger partial charge in [0.25, 0.3) is 11.6 Å². The number of morpholine rings is 1. The van der Waals surface area contributed by atoms with Crippen LogP contribution in [0.15, 0.2) is 40.9 Å². The van der Waals surface area contributed by atoms with E-state index in [1.54, 1.807) is 0 Å². The summed E-state index contributed by atoms with van der Waals surface area (Å²) in [6.07, 6.45) is 1.02. The van der Waals surface area contributed by atoms with Crippen LogP contribution in [0, 0.1) is 12.8 Å². The first kappa shape index (κ1) is 21.5. The number of amides is 1. The Balaban J connectivity index is 1.59. The minimum Gasteiger partial charge on any atom is -0.379 e. The van der Waals surface area contributed by atoms with Gasteiger partial charge in [-0.05, 0) is 25.3 Å². The van der Waals surface area contributed by atoms with E-state index in [0.717, 1.165) is 38.3 Å². The van der Waals surface area contributed by atoms with Crippen LogP contribution in [0.4, 0.5) is 0 Å². The number of pyridine rings is 1. The van der Waals surface area contributed by atoms with Gasteiger partial charge in [0.2, 0.25) is 0 Å². The summed E-state index contributed by atoms with van der Waals surface area (Å²) in [6, 6.07) is 11.9. The fourth-order valence-corrected chi connectivity index (χ4v) is 4.18. The smallest absolute Gasteiger partial charge is 0.259 e. The molecular formula is C24H30N4O3. The van der Waals surface area contributed by atoms with Crippen LogP contribution in [0.2, 0.25) is 0 Å². The molecule has 164 valence electrons. The summed E-state index contributed by atoms with van der Waals surface area (Å²) < 4.78 is 10.9. The molecule has 0 bridgehead atoms. The molecule has 0 radical (unpaired) electrons. The van der Waals surface area contributed by atoms with Crippen LogP contribution >= 0.6 is 0 Å². The molecule has 31 heavy (non-hydrogen) atoms. The summed E-state index contributed by atoms with van der Waals surface area (Å²) in [4.78, 5) is 20.3. The number of aromatic nitrogens is 2. The first-order valence-electron chi connectivity index (χ1n) is 11.0. The molecule has 1 atom stereocenters. The molecule has 1 fully saturated rings. The molecule has 1 aromatic carbocycles. The molecular weight excluding hydrogens is 392 g/mol. The number of benzene rings is 1. The zero-order chi connectivity index (χ0) is 21.8. The first-order chi connectivity index (χ1) is 15.0. The third kappa shape index (κ3) is 4.94. The lowest BCUT2D eigenvalue weighted by atomic mass is 10.0. The largest absolute Gasteiger partial charge is 0.379 e. The maximum atomic E-state index is 13.3. The van der Waals surface area contributed by atoms with Crippen molar-refractivity contribution in [1.29, 1.82) is 0 Å². The maximum absolute atomic E-state index is 13.3. The lowest BCUT2D eigenvalue weighted by Crippen LogP contribution is -2.49. The number of carbonyl (C=O) groups is 1. The van der Waals surface area contributed by atoms with E-state index >= 15 is 0 Å². The number of hydrogen-bond acceptors (Lipinski definition) is 6. The van der Waals surface area contributed by atoms with E-state index in [9.17, 15) is 4.79 Å². The van der Waals surface area contributed by atoms with E-state index in [-0.39, 0.29) is 11.9 Å². The Bertz CT molecular complexity index is 1030. The van der Waals surface area contributed by atoms with Gasteiger partial charge in [0.05, 0.1) is 35.6 Å². The number of fused-ring (bicyclic) bond motifs is 1. The molecule has 2 aromatic heterocycles. The minimum atomic E-state index is -0.127. The van der Waals surface area contributed by atoms with Crippen LogP contribution in [0.5, 0.6) is 0 Å². The lowest BCUT2D eigenvalue weighted by molar-refractivity contribution is 0.0124. The summed E-state index contributed by atoms with van der Waals surface area (Å²) in [7, 11) is 0. The summed E-state index contributed by atoms with van der Waals surface area (Å²) in [5.41, 5.74) is 3.22. The Kier molecular flexibility index (Phi) is 6.63. The molecule has 3 aromatic rings. The van der Waals surface area contributed by atoms with Crippen molar-refractivity contribution in [2.45, 2.75) is 33.2 Å². The van der Waals surface area contributed by atoms with Gasteiger partial charge in [-0.1, -0.05) is 49.3 Å². The standard InChI is InChI=1S/C24H30N4O3/c1-16(2)13-19(28-9-11-30-12-10-28)15-25-23(29)20-14-21(18-7-5-4-6-8-18)26-24-22(20)17(3)27-31-24/h4-8,14,16,19H,9-13,15H2,1-3H3,(H,25,29). The van der Waals surface area contributed by atoms with Crippen molar-refractivity contribution < 1.29 is 14.1 Å². The summed E-state index contributed by atoms with van der Waals surface area (Å²) in [6.45, 7) is 10.1. The van der Waals surface area contributed by atoms with Gasteiger partial charge >= 0.3 is 0 Å². The number of rotatable bonds is 7. The quantitative estimate of drug-likeness (QED) is 0.626. The van der Waals surface area contributed by atoms with Gasteiger partial charge in [-0.15, -0.1) is 0 Å². The summed E-state index contributed by atoms with van der Waals surface area (Å²) >= 11 is 0. The van der Waals surface area contributed by atoms with Crippen molar-refractivity contribution in [2.75, 3.05) is 32.8 Å². The topological polar surface area (TPSA) is 80.5 Å². The summed E-state index contributed by atoms with van der Waals surface area (Å²) in [5, 5.41) is 7.88. The van der Waals surface area contributed by atoms with Gasteiger partial charge in [0.15, 0.2) is 0 Å². The highest BCUT2D eigenvalue weighted by molar-refractivity contribution is 6.07. The molecule has 4 rings (SSSR count). The van der Waals surface area contributed by atoms with Crippen LogP contribution < -0.4 is 5.32 Å². The Hall–Kier alpha value is -2.77. The Morgan fingerprint density at radius 2 is 1.94 bits per heavy atom. The maximum Gasteiger partial charge on any atom is 0.259 e. The van der Waals surface area contributed by atoms with Crippen LogP contribution in [0.3, 0.4) is 0 Å². The summed E-state index contributed by atoms with van der Waals surface area (Å²) in [5.74, 6) is 0.417. The van der Waals surface area contributed by atoms with Gasteiger partial charge in [0, 0.05) is 31.2 Å². The predicted octanol–water partition coefficient (Wildman–Crippen LogP) is 3.67. The molecule has 7 nitrogen and oxygen atoms in total. The second-order valence-electron chi connectivity index (χ2n) is 8.51. The second-order valence-corrected chi connectivity index (χ2v) is 8.51. The molecule has 1 saturated heterocycles. The Labute approximate surface area is 182 Å². The second kappa shape index (κ2) is 9.58. The van der Waals surface area contributed by atoms with E-state index in [1.807, 2.05) is 43.3 Å². The van der Waals surface area contributed by atoms with Gasteiger partial charge in [0.1, 0.15) is 0 Å². The number of hydrogen-bond donors (Lipinski definition) is 1. The van der Waals surface area contributed by atoms with Crippen molar-refractivity contribution >= 4 is 17.0 Å². The van der Waals surface area contributed by atoms with Gasteiger partial charge in [-0.25, -0.2) is 4.98 Å². The molecule has 1 aliphatic heterocycles. The average molecular weight is 423 g/mol. The SMILES string of the molecule is Cc1noc2nc(-c3ccccc3)cc(C(=O)NCC(CC(C)C)N3CCOCC3)c12. The average Bonchev–Trinajstić information content (AvgIpc) is 3.17. The highest BCUT2D eigenvalue weighted by atomic mass is 16.5. The van der Waals surface area contributed by atoms with Crippen molar-refractivity contribution in [1.82, 2.24) is 20.4 Å². The number of ether oxygens (including phenoxy) is 1. The number of nitrogens with one attached hydrogen (secondary N) is 1. The Morgan fingerprint density at radius 3 is 2.65 bits per heavy atom. The Morgan fingerprint density at radius 1 is 1.19 bits per heavy atom. The zero-order valence-corrected chi connectivity index (χ0v) is 18.4. The fraction of sp³-hybridized carbons (Fsp3) is 0.458. The molecule has 3 heterocycles. The molecule has 1 unspecified atom stereocenters. The molecule has 0 saturated carbocycles. The van der Waals surface area contributed by atoms with E-state index in [4.69, 9.17) is 9.26 Å². The van der Waals surface area contributed by atoms with Crippen molar-refractivity contribution in [3.05, 3.63) is 47.7 Å². The first-order valence-corrected chi connectivity index (χ1v) is 11.0. The van der Waals surface area contributed by atoms with Gasteiger partial charge in [-0.2, -0.15) is 0 Å². The number of aryl methyl sites for hydroxylation is 1. The van der Waals surface area contributed by atoms with Crippen LogP contribution in [0.25, 0.3) is 22.4 Å². The molecule has 1 amide bonds. The van der Waals surface area contributed by atoms with E-state index in [2.05, 4.69) is 34.2 Å². The zero-order valence-electron chi connectivity index (χ0n) is 18.4. The van der Waals surface area contributed by atoms with Crippen LogP contribution in [0.1, 0.15) is 36.3 Å². The van der Waals surface area contributed by atoms with Crippen LogP contribution in [-0.2, 0) is 4.74 Å². The predicted molar refractivity (Wildman–Crippen MR) is 120 cm³/mol.